The van der Waals surface area contributed by atoms with Gasteiger partial charge >= 0.3 is 0 Å². The Bertz CT molecular complexity index is 3070. The third-order valence-corrected chi connectivity index (χ3v) is 14.6. The van der Waals surface area contributed by atoms with Gasteiger partial charge in [-0.25, -0.2) is 29.9 Å². The molecule has 8 bridgehead atoms. The molecule has 9 rings (SSSR count). The molecular formula is C64H84N8O8. The van der Waals surface area contributed by atoms with Gasteiger partial charge in [-0.2, -0.15) is 0 Å². The molecule has 2 unspecified atom stereocenters. The smallest absolute Gasteiger partial charge is 0.168 e. The summed E-state index contributed by atoms with van der Waals surface area (Å²) in [5.74, 6) is 5.85. The molecule has 0 saturated carbocycles. The zero-order valence-corrected chi connectivity index (χ0v) is 48.7. The van der Waals surface area contributed by atoms with Crippen molar-refractivity contribution in [2.45, 2.75) is 170 Å². The third kappa shape index (κ3) is 12.7. The summed E-state index contributed by atoms with van der Waals surface area (Å²) in [6.45, 7) is 21.3. The number of H-pyrrole nitrogens is 2. The molecule has 2 aromatic carbocycles. The molecule has 0 saturated heterocycles. The lowest BCUT2D eigenvalue weighted by atomic mass is 9.92. The van der Waals surface area contributed by atoms with Crippen LogP contribution in [-0.4, -0.2) is 92.7 Å². The maximum absolute atomic E-state index is 6.75. The number of unbranched alkanes of at least 4 members (excludes halogenated alkanes) is 8. The van der Waals surface area contributed by atoms with Crippen LogP contribution in [0.4, 0.5) is 0 Å². The van der Waals surface area contributed by atoms with Gasteiger partial charge in [0.25, 0.3) is 0 Å². The van der Waals surface area contributed by atoms with Crippen LogP contribution in [0, 0.1) is 0 Å². The van der Waals surface area contributed by atoms with Gasteiger partial charge < -0.3 is 47.9 Å². The fourth-order valence-electron chi connectivity index (χ4n) is 10.0. The number of hydrogen-bond acceptors (Lipinski definition) is 14. The van der Waals surface area contributed by atoms with E-state index in [0.717, 1.165) is 114 Å². The summed E-state index contributed by atoms with van der Waals surface area (Å²) in [4.78, 5) is 40.7. The van der Waals surface area contributed by atoms with E-state index in [9.17, 15) is 0 Å². The summed E-state index contributed by atoms with van der Waals surface area (Å²) in [6, 6.07) is 7.90. The summed E-state index contributed by atoms with van der Waals surface area (Å²) in [5, 5.41) is 1.42. The minimum absolute atomic E-state index is 0.375. The van der Waals surface area contributed by atoms with Crippen molar-refractivity contribution in [3.63, 3.8) is 0 Å². The molecule has 5 heterocycles. The number of aromatic amines is 2. The number of ether oxygens (including phenoxy) is 8. The van der Waals surface area contributed by atoms with Gasteiger partial charge in [-0.1, -0.05) is 107 Å². The topological polar surface area (TPSA) is 183 Å². The van der Waals surface area contributed by atoms with Gasteiger partial charge in [-0.05, 0) is 99.9 Å². The van der Waals surface area contributed by atoms with Gasteiger partial charge in [0, 0.05) is 0 Å². The molecule has 2 N–H and O–H groups in total. The molecule has 16 heteroatoms. The van der Waals surface area contributed by atoms with Crippen molar-refractivity contribution >= 4 is 33.2 Å². The third-order valence-electron chi connectivity index (χ3n) is 14.6. The van der Waals surface area contributed by atoms with Crippen LogP contribution in [0.3, 0.4) is 0 Å². The van der Waals surface area contributed by atoms with Crippen molar-refractivity contribution in [2.75, 3.05) is 52.9 Å². The van der Waals surface area contributed by atoms with E-state index in [1.165, 1.54) is 0 Å². The maximum Gasteiger partial charge on any atom is 0.168 e. The van der Waals surface area contributed by atoms with Gasteiger partial charge in [0.2, 0.25) is 0 Å². The van der Waals surface area contributed by atoms with Crippen LogP contribution in [0.1, 0.15) is 182 Å². The number of fused-ring (bicyclic) bond motifs is 18. The SMILES string of the molecule is CCCCOC1=CC=C(OCCCC)C2C1=c1nc2nc2nc(nc3[nH]c(nc4[nH]c(n1)c1c(OCCCC)ccc(OCCCC)c41)=C1C(OCCCC)=CC=C(OCCCC)C13)-c1c(OCCCC)ccc(OCCCC)c1-2. The van der Waals surface area contributed by atoms with E-state index in [2.05, 4.69) is 65.4 Å². The average molecular weight is 1090 g/mol. The molecule has 2 aliphatic carbocycles. The Balaban J connectivity index is 1.47. The molecule has 428 valence electrons. The monoisotopic (exact) mass is 1090 g/mol. The number of hydrogen-bond donors (Lipinski definition) is 2. The number of benzene rings is 2. The lowest BCUT2D eigenvalue weighted by Crippen LogP contribution is -2.18. The highest BCUT2D eigenvalue weighted by molar-refractivity contribution is 6.11. The largest absolute Gasteiger partial charge is 0.497 e. The molecule has 0 amide bonds. The van der Waals surface area contributed by atoms with Crippen LogP contribution in [0.15, 0.2) is 71.6 Å². The Morgan fingerprint density at radius 3 is 1.29 bits per heavy atom. The zero-order valence-electron chi connectivity index (χ0n) is 48.7. The highest BCUT2D eigenvalue weighted by Crippen LogP contribution is 2.49. The average Bonchev–Trinajstić information content (AvgIpc) is 4.30. The van der Waals surface area contributed by atoms with E-state index in [0.29, 0.717) is 166 Å². The van der Waals surface area contributed by atoms with Crippen molar-refractivity contribution in [2.24, 2.45) is 0 Å². The van der Waals surface area contributed by atoms with Crippen LogP contribution >= 0.6 is 0 Å². The molecule has 0 radical (unpaired) electrons. The van der Waals surface area contributed by atoms with E-state index < -0.39 is 11.8 Å². The molecule has 2 aromatic heterocycles. The Morgan fingerprint density at radius 2 is 0.787 bits per heavy atom. The molecule has 5 aliphatic rings. The molecule has 0 fully saturated rings. The molecule has 0 spiro atoms. The van der Waals surface area contributed by atoms with Crippen LogP contribution < -0.4 is 29.9 Å². The molecule has 3 aliphatic heterocycles. The highest BCUT2D eigenvalue weighted by Gasteiger charge is 2.40. The van der Waals surface area contributed by atoms with E-state index in [1.54, 1.807) is 0 Å². The first-order chi connectivity index (χ1) is 39.4. The fraction of sp³-hybridized carbons (Fsp3) is 0.531. The summed E-state index contributed by atoms with van der Waals surface area (Å²) in [7, 11) is 0. The molecule has 80 heavy (non-hydrogen) atoms. The minimum atomic E-state index is -0.602. The van der Waals surface area contributed by atoms with Crippen molar-refractivity contribution < 1.29 is 37.9 Å². The predicted octanol–water partition coefficient (Wildman–Crippen LogP) is 13.5. The molecular weight excluding hydrogens is 1010 g/mol. The standard InChI is InChI=1S/C64H84N8O8/c1-9-17-33-73-41-25-26-42(74-34-18-10-2)50-49(41)57-65-58(50)70-60-53-45(77-37-21-13-5)29-30-46(78-38-22-14-6)54(53)62(67-60)72-64-56-48(80-40-24-16-8)32-31-47(79-39-23-15-7)55(56)63(68-64)71-61-52-44(76-36-20-12-4)28-27-43(75-35-19-11-3)51(52)59(66-61)69-57/h25-32,49,55H,9-24,33-40H2,1-8H3,(H,67,70,72)(H,65,66,68,69,71). The first-order valence-electron chi connectivity index (χ1n) is 30.2. The Morgan fingerprint density at radius 1 is 0.375 bits per heavy atom. The summed E-state index contributed by atoms with van der Waals surface area (Å²) >= 11 is 0. The quantitative estimate of drug-likeness (QED) is 0.0388. The predicted molar refractivity (Wildman–Crippen MR) is 314 cm³/mol. The number of allylic oxidation sites excluding steroid dienone is 8. The Kier molecular flexibility index (Phi) is 20.4. The number of nitrogens with zero attached hydrogens (tertiary/aromatic N) is 6. The molecule has 2 atom stereocenters. The summed E-state index contributed by atoms with van der Waals surface area (Å²) in [5.41, 5.74) is 4.77. The van der Waals surface area contributed by atoms with Crippen molar-refractivity contribution in [1.82, 2.24) is 39.9 Å². The van der Waals surface area contributed by atoms with E-state index >= 15 is 0 Å². The summed E-state index contributed by atoms with van der Waals surface area (Å²) < 4.78 is 53.8. The maximum atomic E-state index is 6.75. The number of aromatic nitrogens is 8. The van der Waals surface area contributed by atoms with Crippen LogP contribution in [-0.2, 0) is 18.9 Å². The van der Waals surface area contributed by atoms with Gasteiger partial charge in [0.05, 0.1) is 85.9 Å². The number of nitrogens with one attached hydrogen (secondary N) is 2. The van der Waals surface area contributed by atoms with Gasteiger partial charge in [-0.3, -0.25) is 0 Å². The lowest BCUT2D eigenvalue weighted by molar-refractivity contribution is 0.187. The highest BCUT2D eigenvalue weighted by atomic mass is 16.5. The van der Waals surface area contributed by atoms with Crippen LogP contribution in [0.5, 0.6) is 23.0 Å². The fourth-order valence-corrected chi connectivity index (χ4v) is 10.0. The number of rotatable bonds is 32. The van der Waals surface area contributed by atoms with Crippen LogP contribution in [0.25, 0.3) is 56.0 Å². The van der Waals surface area contributed by atoms with E-state index in [-0.39, 0.29) is 0 Å². The van der Waals surface area contributed by atoms with E-state index in [1.807, 2.05) is 48.6 Å². The minimum Gasteiger partial charge on any atom is -0.497 e. The molecule has 4 aromatic rings. The Labute approximate surface area is 471 Å². The van der Waals surface area contributed by atoms with Gasteiger partial charge in [0.15, 0.2) is 17.1 Å². The van der Waals surface area contributed by atoms with Crippen LogP contribution in [0.2, 0.25) is 0 Å². The normalized spacial score (nSPS) is 15.7. The Hall–Kier alpha value is -7.10. The van der Waals surface area contributed by atoms with E-state index in [4.69, 9.17) is 67.8 Å². The first-order valence-corrected chi connectivity index (χ1v) is 30.2. The second kappa shape index (κ2) is 28.4. The van der Waals surface area contributed by atoms with Crippen molar-refractivity contribution in [3.05, 3.63) is 94.2 Å². The molecule has 16 nitrogen and oxygen atoms in total. The van der Waals surface area contributed by atoms with Crippen molar-refractivity contribution in [1.29, 1.82) is 0 Å². The first kappa shape index (κ1) is 57.6. The zero-order chi connectivity index (χ0) is 55.8. The summed E-state index contributed by atoms with van der Waals surface area (Å²) in [6.07, 6.45) is 22.6. The second-order valence-electron chi connectivity index (χ2n) is 20.8. The van der Waals surface area contributed by atoms with Gasteiger partial charge in [0.1, 0.15) is 86.3 Å². The second-order valence-corrected chi connectivity index (χ2v) is 20.8. The lowest BCUT2D eigenvalue weighted by Gasteiger charge is -2.24. The van der Waals surface area contributed by atoms with Gasteiger partial charge in [-0.15, -0.1) is 0 Å². The van der Waals surface area contributed by atoms with Crippen molar-refractivity contribution in [3.8, 4) is 45.8 Å².